The second-order valence-corrected chi connectivity index (χ2v) is 7.46. The summed E-state index contributed by atoms with van der Waals surface area (Å²) < 4.78 is 18.5. The van der Waals surface area contributed by atoms with E-state index in [2.05, 4.69) is 16.0 Å². The fourth-order valence-electron chi connectivity index (χ4n) is 3.30. The number of carbonyl (C=O) groups is 4. The van der Waals surface area contributed by atoms with Crippen LogP contribution in [0.1, 0.15) is 24.5 Å². The maximum atomic E-state index is 13.6. The summed E-state index contributed by atoms with van der Waals surface area (Å²) in [7, 11) is 0. The van der Waals surface area contributed by atoms with Gasteiger partial charge >= 0.3 is 5.97 Å². The van der Waals surface area contributed by atoms with Crippen molar-refractivity contribution in [1.29, 1.82) is 0 Å². The van der Waals surface area contributed by atoms with Crippen molar-refractivity contribution in [2.24, 2.45) is 0 Å². The molecular weight excluding hydrogens is 417 g/mol. The van der Waals surface area contributed by atoms with Crippen LogP contribution >= 0.6 is 0 Å². The van der Waals surface area contributed by atoms with Gasteiger partial charge in [0.15, 0.2) is 6.04 Å². The van der Waals surface area contributed by atoms with Gasteiger partial charge in [0, 0.05) is 19.8 Å². The topological polar surface area (TPSA) is 114 Å². The van der Waals surface area contributed by atoms with Crippen LogP contribution in [0, 0.1) is 5.82 Å². The molecule has 0 aliphatic carbocycles. The Morgan fingerprint density at radius 3 is 2.47 bits per heavy atom. The molecule has 0 saturated carbocycles. The third-order valence-corrected chi connectivity index (χ3v) is 4.92. The SMILES string of the molecule is CC(=O)O[C@@H]1NC(=O)[C@H]1NC(=O)[C@H](Cc1cccc(F)c1)NC(=O)CCc1ccccc1. The summed E-state index contributed by atoms with van der Waals surface area (Å²) in [4.78, 5) is 48.4. The summed E-state index contributed by atoms with van der Waals surface area (Å²) in [6.45, 7) is 1.18. The van der Waals surface area contributed by atoms with Crippen molar-refractivity contribution in [1.82, 2.24) is 16.0 Å². The first-order chi connectivity index (χ1) is 15.3. The van der Waals surface area contributed by atoms with Gasteiger partial charge in [-0.25, -0.2) is 4.39 Å². The Morgan fingerprint density at radius 2 is 1.81 bits per heavy atom. The van der Waals surface area contributed by atoms with E-state index in [-0.39, 0.29) is 18.7 Å². The predicted octanol–water partition coefficient (Wildman–Crippen LogP) is 0.990. The van der Waals surface area contributed by atoms with E-state index in [1.165, 1.54) is 25.1 Å². The van der Waals surface area contributed by atoms with Gasteiger partial charge in [0.05, 0.1) is 0 Å². The number of ether oxygens (including phenoxy) is 1. The minimum Gasteiger partial charge on any atom is -0.439 e. The molecule has 32 heavy (non-hydrogen) atoms. The van der Waals surface area contributed by atoms with Gasteiger partial charge in [-0.3, -0.25) is 19.2 Å². The number of aryl methyl sites for hydroxylation is 1. The van der Waals surface area contributed by atoms with E-state index in [1.54, 1.807) is 6.07 Å². The van der Waals surface area contributed by atoms with E-state index in [4.69, 9.17) is 4.74 Å². The van der Waals surface area contributed by atoms with Crippen LogP contribution in [-0.2, 0) is 36.8 Å². The van der Waals surface area contributed by atoms with E-state index >= 15 is 0 Å². The second-order valence-electron chi connectivity index (χ2n) is 7.46. The first kappa shape index (κ1) is 22.9. The zero-order valence-electron chi connectivity index (χ0n) is 17.5. The highest BCUT2D eigenvalue weighted by Crippen LogP contribution is 2.11. The molecule has 8 nitrogen and oxygen atoms in total. The van der Waals surface area contributed by atoms with Crippen LogP contribution in [0.3, 0.4) is 0 Å². The quantitative estimate of drug-likeness (QED) is 0.397. The molecule has 1 aliphatic heterocycles. The zero-order chi connectivity index (χ0) is 23.1. The molecule has 9 heteroatoms. The molecule has 2 aromatic rings. The highest BCUT2D eigenvalue weighted by atomic mass is 19.1. The number of benzene rings is 2. The van der Waals surface area contributed by atoms with E-state index in [1.807, 2.05) is 30.3 Å². The number of hydrogen-bond donors (Lipinski definition) is 3. The highest BCUT2D eigenvalue weighted by Gasteiger charge is 2.43. The summed E-state index contributed by atoms with van der Waals surface area (Å²) in [6.07, 6.45) is -0.322. The molecule has 0 spiro atoms. The summed E-state index contributed by atoms with van der Waals surface area (Å²) in [5.74, 6) is -2.59. The van der Waals surface area contributed by atoms with E-state index in [0.29, 0.717) is 12.0 Å². The highest BCUT2D eigenvalue weighted by molar-refractivity contribution is 5.96. The van der Waals surface area contributed by atoms with Crippen molar-refractivity contribution in [3.05, 3.63) is 71.5 Å². The lowest BCUT2D eigenvalue weighted by Gasteiger charge is -2.36. The first-order valence-corrected chi connectivity index (χ1v) is 10.2. The molecular formula is C23H24FN3O5. The second kappa shape index (κ2) is 10.5. The largest absolute Gasteiger partial charge is 0.439 e. The molecule has 3 N–H and O–H groups in total. The molecule has 3 atom stereocenters. The lowest BCUT2D eigenvalue weighted by molar-refractivity contribution is -0.164. The van der Waals surface area contributed by atoms with Crippen LogP contribution in [-0.4, -0.2) is 42.0 Å². The maximum absolute atomic E-state index is 13.6. The van der Waals surface area contributed by atoms with E-state index < -0.39 is 41.9 Å². The van der Waals surface area contributed by atoms with E-state index in [9.17, 15) is 23.6 Å². The number of amides is 3. The number of nitrogens with one attached hydrogen (secondary N) is 3. The summed E-state index contributed by atoms with van der Waals surface area (Å²) >= 11 is 0. The average Bonchev–Trinajstić information content (AvgIpc) is 2.75. The first-order valence-electron chi connectivity index (χ1n) is 10.2. The summed E-state index contributed by atoms with van der Waals surface area (Å²) in [5.41, 5.74) is 1.48. The van der Waals surface area contributed by atoms with Crippen LogP contribution in [0.25, 0.3) is 0 Å². The third kappa shape index (κ3) is 6.37. The molecule has 0 radical (unpaired) electrons. The van der Waals surface area contributed by atoms with Crippen molar-refractivity contribution < 1.29 is 28.3 Å². The van der Waals surface area contributed by atoms with E-state index in [0.717, 1.165) is 5.56 Å². The Morgan fingerprint density at radius 1 is 1.09 bits per heavy atom. The maximum Gasteiger partial charge on any atom is 0.304 e. The number of carbonyl (C=O) groups excluding carboxylic acids is 4. The molecule has 1 aliphatic rings. The number of halogens is 1. The molecule has 0 bridgehead atoms. The van der Waals surface area contributed by atoms with Crippen molar-refractivity contribution in [2.75, 3.05) is 0 Å². The average molecular weight is 441 g/mol. The number of β-lactam (4-membered cyclic amide) rings is 1. The molecule has 1 saturated heterocycles. The summed E-state index contributed by atoms with van der Waals surface area (Å²) in [6, 6.07) is 13.0. The zero-order valence-corrected chi connectivity index (χ0v) is 17.5. The Balaban J connectivity index is 1.66. The minimum atomic E-state index is -1.07. The standard InChI is InChI=1S/C23H24FN3O5/c1-14(28)32-23-20(22(31)27-23)26-21(30)18(13-16-8-5-9-17(24)12-16)25-19(29)11-10-15-6-3-2-4-7-15/h2-9,12,18,20,23H,10-11,13H2,1H3,(H,25,29)(H,26,30)(H,27,31)/t18-,20+,23-/m0/s1. The van der Waals surface area contributed by atoms with Crippen LogP contribution < -0.4 is 16.0 Å². The molecule has 3 rings (SSSR count). The Bertz CT molecular complexity index is 998. The molecule has 1 heterocycles. The Hall–Kier alpha value is -3.75. The normalized spacial score (nSPS) is 18.0. The van der Waals surface area contributed by atoms with Crippen molar-refractivity contribution in [3.63, 3.8) is 0 Å². The monoisotopic (exact) mass is 441 g/mol. The lowest BCUT2D eigenvalue weighted by Crippen LogP contribution is -2.71. The number of esters is 1. The van der Waals surface area contributed by atoms with Gasteiger partial charge in [0.1, 0.15) is 11.9 Å². The Kier molecular flexibility index (Phi) is 7.54. The number of rotatable bonds is 9. The molecule has 3 amide bonds. The minimum absolute atomic E-state index is 0.0211. The molecule has 2 aromatic carbocycles. The molecule has 1 fully saturated rings. The van der Waals surface area contributed by atoms with Gasteiger partial charge in [0.25, 0.3) is 5.91 Å². The molecule has 0 unspecified atom stereocenters. The number of hydrogen-bond acceptors (Lipinski definition) is 5. The van der Waals surface area contributed by atoms with Gasteiger partial charge in [-0.05, 0) is 29.7 Å². The predicted molar refractivity (Wildman–Crippen MR) is 112 cm³/mol. The van der Waals surface area contributed by atoms with Crippen LogP contribution in [0.5, 0.6) is 0 Å². The van der Waals surface area contributed by atoms with Crippen molar-refractivity contribution in [3.8, 4) is 0 Å². The van der Waals surface area contributed by atoms with Crippen LogP contribution in [0.2, 0.25) is 0 Å². The summed E-state index contributed by atoms with van der Waals surface area (Å²) in [5, 5.41) is 7.54. The smallest absolute Gasteiger partial charge is 0.304 e. The van der Waals surface area contributed by atoms with Crippen LogP contribution in [0.15, 0.2) is 54.6 Å². The van der Waals surface area contributed by atoms with Gasteiger partial charge in [-0.2, -0.15) is 0 Å². The van der Waals surface area contributed by atoms with Gasteiger partial charge in [-0.1, -0.05) is 42.5 Å². The molecule has 0 aromatic heterocycles. The fourth-order valence-corrected chi connectivity index (χ4v) is 3.30. The lowest BCUT2D eigenvalue weighted by atomic mass is 10.0. The Labute approximate surface area is 184 Å². The molecule has 168 valence electrons. The fraction of sp³-hybridized carbons (Fsp3) is 0.304. The van der Waals surface area contributed by atoms with Gasteiger partial charge in [0.2, 0.25) is 18.0 Å². The van der Waals surface area contributed by atoms with Gasteiger partial charge in [-0.15, -0.1) is 0 Å². The third-order valence-electron chi connectivity index (χ3n) is 4.92. The van der Waals surface area contributed by atoms with Crippen molar-refractivity contribution >= 4 is 23.7 Å². The van der Waals surface area contributed by atoms with Crippen LogP contribution in [0.4, 0.5) is 4.39 Å². The van der Waals surface area contributed by atoms with Gasteiger partial charge < -0.3 is 20.7 Å². The van der Waals surface area contributed by atoms with Crippen molar-refractivity contribution in [2.45, 2.75) is 44.5 Å².